The number of carbonyl (C=O) groups excluding carboxylic acids is 2. The minimum atomic E-state index is -0.372. The van der Waals surface area contributed by atoms with Crippen molar-refractivity contribution in [2.24, 2.45) is 0 Å². The van der Waals surface area contributed by atoms with Crippen LogP contribution in [-0.4, -0.2) is 23.5 Å². The zero-order chi connectivity index (χ0) is 16.5. The van der Waals surface area contributed by atoms with E-state index in [0.717, 1.165) is 0 Å². The molecule has 6 nitrogen and oxygen atoms in total. The van der Waals surface area contributed by atoms with Gasteiger partial charge in [-0.2, -0.15) is 0 Å². The first kappa shape index (κ1) is 16.5. The van der Waals surface area contributed by atoms with Crippen molar-refractivity contribution >= 4 is 17.6 Å². The smallest absolute Gasteiger partial charge is 0.306 e. The fourth-order valence-corrected chi connectivity index (χ4v) is 1.82. The Balaban J connectivity index is 1.82. The van der Waals surface area contributed by atoms with E-state index >= 15 is 0 Å². The first-order chi connectivity index (χ1) is 11.2. The molecule has 6 heteroatoms. The lowest BCUT2D eigenvalue weighted by molar-refractivity contribution is -0.144. The molecule has 2 aromatic rings. The quantitative estimate of drug-likeness (QED) is 0.794. The molecule has 1 aromatic carbocycles. The second-order valence-corrected chi connectivity index (χ2v) is 4.67. The molecule has 0 fully saturated rings. The number of hydrogen-bond donors (Lipinski definition) is 1. The van der Waals surface area contributed by atoms with Gasteiger partial charge in [0.15, 0.2) is 0 Å². The van der Waals surface area contributed by atoms with E-state index in [4.69, 9.17) is 9.47 Å². The molecule has 0 unspecified atom stereocenters. The summed E-state index contributed by atoms with van der Waals surface area (Å²) < 4.78 is 10.4. The largest absolute Gasteiger partial charge is 0.466 e. The predicted molar refractivity (Wildman–Crippen MR) is 85.2 cm³/mol. The van der Waals surface area contributed by atoms with Gasteiger partial charge in [0.05, 0.1) is 19.2 Å². The fourth-order valence-electron chi connectivity index (χ4n) is 1.82. The first-order valence-electron chi connectivity index (χ1n) is 7.31. The van der Waals surface area contributed by atoms with Gasteiger partial charge in [0.2, 0.25) is 5.91 Å². The van der Waals surface area contributed by atoms with Gasteiger partial charge in [-0.25, -0.2) is 0 Å². The highest BCUT2D eigenvalue weighted by Crippen LogP contribution is 2.22. The number of anilines is 1. The third-order valence-electron chi connectivity index (χ3n) is 2.87. The number of ether oxygens (including phenoxy) is 2. The molecule has 0 aliphatic carbocycles. The predicted octanol–water partition coefficient (Wildman–Crippen LogP) is 3.16. The molecule has 0 saturated carbocycles. The summed E-state index contributed by atoms with van der Waals surface area (Å²) in [7, 11) is 0. The summed E-state index contributed by atoms with van der Waals surface area (Å²) in [5.41, 5.74) is 0.636. The molecule has 1 amide bonds. The molecule has 0 saturated heterocycles. The number of hydrogen-bond acceptors (Lipinski definition) is 5. The van der Waals surface area contributed by atoms with Crippen molar-refractivity contribution in [2.75, 3.05) is 11.9 Å². The number of benzene rings is 1. The van der Waals surface area contributed by atoms with E-state index < -0.39 is 0 Å². The molecular weight excluding hydrogens is 296 g/mol. The van der Waals surface area contributed by atoms with Gasteiger partial charge in [0, 0.05) is 18.3 Å². The van der Waals surface area contributed by atoms with Crippen molar-refractivity contribution in [2.45, 2.75) is 19.8 Å². The number of nitrogens with one attached hydrogen (secondary N) is 1. The highest BCUT2D eigenvalue weighted by atomic mass is 16.5. The molecule has 0 atom stereocenters. The van der Waals surface area contributed by atoms with Crippen LogP contribution in [0.3, 0.4) is 0 Å². The number of esters is 1. The van der Waals surface area contributed by atoms with Crippen molar-refractivity contribution in [1.29, 1.82) is 0 Å². The Morgan fingerprint density at radius 1 is 1.09 bits per heavy atom. The van der Waals surface area contributed by atoms with E-state index in [9.17, 15) is 9.59 Å². The van der Waals surface area contributed by atoms with Crippen LogP contribution >= 0.6 is 0 Å². The SMILES string of the molecule is CCOC(=O)CCC(=O)Nc1ccc(Oc2cccnc2)cc1. The average Bonchev–Trinajstić information content (AvgIpc) is 2.56. The van der Waals surface area contributed by atoms with Crippen LogP contribution in [-0.2, 0) is 14.3 Å². The standard InChI is InChI=1S/C17H18N2O4/c1-2-22-17(21)10-9-16(20)19-13-5-7-14(8-6-13)23-15-4-3-11-18-12-15/h3-8,11-12H,2,9-10H2,1H3,(H,19,20). The summed E-state index contributed by atoms with van der Waals surface area (Å²) in [6, 6.07) is 10.5. The monoisotopic (exact) mass is 314 g/mol. The summed E-state index contributed by atoms with van der Waals surface area (Å²) in [6.45, 7) is 2.05. The maximum Gasteiger partial charge on any atom is 0.306 e. The van der Waals surface area contributed by atoms with Gasteiger partial charge < -0.3 is 14.8 Å². The number of amides is 1. The van der Waals surface area contributed by atoms with Crippen LogP contribution in [0.4, 0.5) is 5.69 Å². The van der Waals surface area contributed by atoms with Crippen LogP contribution in [0.1, 0.15) is 19.8 Å². The van der Waals surface area contributed by atoms with Gasteiger partial charge >= 0.3 is 5.97 Å². The van der Waals surface area contributed by atoms with Crippen molar-refractivity contribution in [3.8, 4) is 11.5 Å². The van der Waals surface area contributed by atoms with Crippen LogP contribution in [0.15, 0.2) is 48.8 Å². The van der Waals surface area contributed by atoms with Gasteiger partial charge in [-0.3, -0.25) is 14.6 Å². The van der Waals surface area contributed by atoms with Crippen molar-refractivity contribution in [1.82, 2.24) is 4.98 Å². The number of aromatic nitrogens is 1. The molecule has 23 heavy (non-hydrogen) atoms. The summed E-state index contributed by atoms with van der Waals surface area (Å²) >= 11 is 0. The molecule has 0 radical (unpaired) electrons. The van der Waals surface area contributed by atoms with Gasteiger partial charge in [0.25, 0.3) is 0 Å². The summed E-state index contributed by atoms with van der Waals surface area (Å²) in [5.74, 6) is 0.670. The van der Waals surface area contributed by atoms with E-state index in [2.05, 4.69) is 10.3 Å². The van der Waals surface area contributed by atoms with E-state index in [0.29, 0.717) is 23.8 Å². The van der Waals surface area contributed by atoms with Crippen molar-refractivity contribution < 1.29 is 19.1 Å². The molecule has 1 N–H and O–H groups in total. The Morgan fingerprint density at radius 2 is 1.87 bits per heavy atom. The molecule has 0 aliphatic heterocycles. The Hall–Kier alpha value is -2.89. The van der Waals surface area contributed by atoms with Crippen LogP contribution in [0.5, 0.6) is 11.5 Å². The number of pyridine rings is 1. The Labute approximate surface area is 134 Å². The number of nitrogens with zero attached hydrogens (tertiary/aromatic N) is 1. The zero-order valence-corrected chi connectivity index (χ0v) is 12.8. The van der Waals surface area contributed by atoms with Gasteiger partial charge in [-0.1, -0.05) is 0 Å². The third kappa shape index (κ3) is 5.78. The topological polar surface area (TPSA) is 77.5 Å². The first-order valence-corrected chi connectivity index (χ1v) is 7.31. The highest BCUT2D eigenvalue weighted by molar-refractivity contribution is 5.92. The van der Waals surface area contributed by atoms with Gasteiger partial charge in [-0.15, -0.1) is 0 Å². The molecule has 120 valence electrons. The van der Waals surface area contributed by atoms with E-state index in [1.165, 1.54) is 0 Å². The van der Waals surface area contributed by atoms with E-state index in [1.54, 1.807) is 55.7 Å². The van der Waals surface area contributed by atoms with Crippen LogP contribution < -0.4 is 10.1 Å². The molecule has 2 rings (SSSR count). The average molecular weight is 314 g/mol. The van der Waals surface area contributed by atoms with E-state index in [-0.39, 0.29) is 24.7 Å². The van der Waals surface area contributed by atoms with Crippen LogP contribution in [0.25, 0.3) is 0 Å². The lowest BCUT2D eigenvalue weighted by Gasteiger charge is -2.08. The molecule has 1 aromatic heterocycles. The Bertz CT molecular complexity index is 641. The van der Waals surface area contributed by atoms with Crippen molar-refractivity contribution in [3.63, 3.8) is 0 Å². The van der Waals surface area contributed by atoms with Gasteiger partial charge in [-0.05, 0) is 43.3 Å². The summed E-state index contributed by atoms with van der Waals surface area (Å²) in [6.07, 6.45) is 3.45. The molecule has 1 heterocycles. The van der Waals surface area contributed by atoms with Crippen molar-refractivity contribution in [3.05, 3.63) is 48.8 Å². The van der Waals surface area contributed by atoms with E-state index in [1.807, 2.05) is 0 Å². The zero-order valence-electron chi connectivity index (χ0n) is 12.8. The van der Waals surface area contributed by atoms with Gasteiger partial charge in [0.1, 0.15) is 11.5 Å². The lowest BCUT2D eigenvalue weighted by atomic mass is 10.2. The number of carbonyl (C=O) groups is 2. The summed E-state index contributed by atoms with van der Waals surface area (Å²) in [4.78, 5) is 26.9. The highest BCUT2D eigenvalue weighted by Gasteiger charge is 2.08. The summed E-state index contributed by atoms with van der Waals surface area (Å²) in [5, 5.41) is 2.72. The second-order valence-electron chi connectivity index (χ2n) is 4.67. The molecule has 0 spiro atoms. The fraction of sp³-hybridized carbons (Fsp3) is 0.235. The maximum atomic E-state index is 11.7. The molecule has 0 aliphatic rings. The second kappa shape index (κ2) is 8.53. The normalized spacial score (nSPS) is 9.96. The Kier molecular flexibility index (Phi) is 6.11. The molecule has 0 bridgehead atoms. The number of rotatable bonds is 7. The Morgan fingerprint density at radius 3 is 2.52 bits per heavy atom. The van der Waals surface area contributed by atoms with Crippen LogP contribution in [0, 0.1) is 0 Å². The maximum absolute atomic E-state index is 11.7. The minimum absolute atomic E-state index is 0.0713. The van der Waals surface area contributed by atoms with Crippen LogP contribution in [0.2, 0.25) is 0 Å². The lowest BCUT2D eigenvalue weighted by Crippen LogP contribution is -2.14. The minimum Gasteiger partial charge on any atom is -0.466 e. The third-order valence-corrected chi connectivity index (χ3v) is 2.87. The molecular formula is C17H18N2O4.